The fourth-order valence-electron chi connectivity index (χ4n) is 4.09. The predicted molar refractivity (Wildman–Crippen MR) is 113 cm³/mol. The van der Waals surface area contributed by atoms with Gasteiger partial charge in [-0.1, -0.05) is 36.8 Å². The molecule has 6 nitrogen and oxygen atoms in total. The minimum Gasteiger partial charge on any atom is -0.496 e. The van der Waals surface area contributed by atoms with E-state index in [2.05, 4.69) is 9.88 Å². The summed E-state index contributed by atoms with van der Waals surface area (Å²) in [7, 11) is 1.67. The van der Waals surface area contributed by atoms with E-state index in [1.807, 2.05) is 30.3 Å². The Morgan fingerprint density at radius 2 is 2.10 bits per heavy atom. The molecule has 0 bridgehead atoms. The lowest BCUT2D eigenvalue weighted by atomic mass is 10.0. The third kappa shape index (κ3) is 4.54. The van der Waals surface area contributed by atoms with E-state index < -0.39 is 5.97 Å². The van der Waals surface area contributed by atoms with Crippen LogP contribution in [0.15, 0.2) is 59.1 Å². The molecule has 3 aromatic rings. The van der Waals surface area contributed by atoms with Gasteiger partial charge in [-0.2, -0.15) is 0 Å². The number of benzene rings is 2. The van der Waals surface area contributed by atoms with E-state index in [1.54, 1.807) is 31.5 Å². The lowest BCUT2D eigenvalue weighted by Crippen LogP contribution is -2.33. The highest BCUT2D eigenvalue weighted by Crippen LogP contribution is 2.32. The van der Waals surface area contributed by atoms with Crippen LogP contribution in [-0.4, -0.2) is 34.6 Å². The van der Waals surface area contributed by atoms with Crippen LogP contribution in [0.4, 0.5) is 0 Å². The maximum absolute atomic E-state index is 11.3. The van der Waals surface area contributed by atoms with E-state index >= 15 is 0 Å². The lowest BCUT2D eigenvalue weighted by molar-refractivity contribution is 0.0696. The molecule has 1 aliphatic rings. The van der Waals surface area contributed by atoms with Gasteiger partial charge in [0, 0.05) is 18.5 Å². The number of aromatic carboxylic acids is 1. The Hall–Kier alpha value is -3.12. The van der Waals surface area contributed by atoms with Crippen LogP contribution >= 0.6 is 0 Å². The third-order valence-corrected chi connectivity index (χ3v) is 5.59. The second kappa shape index (κ2) is 9.13. The largest absolute Gasteiger partial charge is 0.496 e. The molecule has 156 valence electrons. The quantitative estimate of drug-likeness (QED) is 0.613. The van der Waals surface area contributed by atoms with Gasteiger partial charge in [0.15, 0.2) is 0 Å². The number of nitrogens with zero attached hydrogens (tertiary/aromatic N) is 2. The van der Waals surface area contributed by atoms with Crippen LogP contribution in [0.25, 0.3) is 0 Å². The second-order valence-corrected chi connectivity index (χ2v) is 7.64. The zero-order valence-corrected chi connectivity index (χ0v) is 17.1. The van der Waals surface area contributed by atoms with Gasteiger partial charge in [-0.3, -0.25) is 4.90 Å². The number of piperidine rings is 1. The van der Waals surface area contributed by atoms with Gasteiger partial charge in [0.1, 0.15) is 11.5 Å². The van der Waals surface area contributed by atoms with Gasteiger partial charge >= 0.3 is 5.97 Å². The zero-order valence-electron chi connectivity index (χ0n) is 17.1. The van der Waals surface area contributed by atoms with Crippen molar-refractivity contribution in [1.82, 2.24) is 9.88 Å². The Kier molecular flexibility index (Phi) is 6.14. The van der Waals surface area contributed by atoms with Crippen LogP contribution in [0.3, 0.4) is 0 Å². The number of aromatic nitrogens is 1. The first-order valence-electron chi connectivity index (χ1n) is 10.3. The molecule has 0 spiro atoms. The highest BCUT2D eigenvalue weighted by atomic mass is 16.5. The summed E-state index contributed by atoms with van der Waals surface area (Å²) < 4.78 is 11.6. The summed E-state index contributed by atoms with van der Waals surface area (Å²) in [5.74, 6) is 1.48. The summed E-state index contributed by atoms with van der Waals surface area (Å²) in [6.45, 7) is 1.61. The molecule has 1 N–H and O–H groups in total. The van der Waals surface area contributed by atoms with Gasteiger partial charge in [-0.25, -0.2) is 9.78 Å². The first-order valence-corrected chi connectivity index (χ1v) is 10.3. The Morgan fingerprint density at radius 3 is 2.93 bits per heavy atom. The molecule has 1 aliphatic heterocycles. The van der Waals surface area contributed by atoms with Crippen molar-refractivity contribution in [3.63, 3.8) is 0 Å². The predicted octanol–water partition coefficient (Wildman–Crippen LogP) is 4.70. The van der Waals surface area contributed by atoms with Gasteiger partial charge in [-0.15, -0.1) is 0 Å². The van der Waals surface area contributed by atoms with Crippen LogP contribution in [0.2, 0.25) is 0 Å². The summed E-state index contributed by atoms with van der Waals surface area (Å²) in [6, 6.07) is 15.2. The van der Waals surface area contributed by atoms with E-state index in [1.165, 1.54) is 0 Å². The summed E-state index contributed by atoms with van der Waals surface area (Å²) >= 11 is 0. The number of methoxy groups -OCH3 is 1. The number of rotatable bonds is 7. The van der Waals surface area contributed by atoms with Crippen molar-refractivity contribution in [1.29, 1.82) is 0 Å². The molecule has 4 rings (SSSR count). The minimum absolute atomic E-state index is 0.0960. The molecule has 0 amide bonds. The van der Waals surface area contributed by atoms with Crippen molar-refractivity contribution < 1.29 is 19.1 Å². The van der Waals surface area contributed by atoms with E-state index in [-0.39, 0.29) is 6.04 Å². The fourth-order valence-corrected chi connectivity index (χ4v) is 4.09. The molecular weight excluding hydrogens is 380 g/mol. The summed E-state index contributed by atoms with van der Waals surface area (Å²) in [6.07, 6.45) is 5.65. The van der Waals surface area contributed by atoms with Crippen LogP contribution < -0.4 is 4.74 Å². The molecule has 1 atom stereocenters. The molecule has 1 unspecified atom stereocenters. The topological polar surface area (TPSA) is 75.8 Å². The highest BCUT2D eigenvalue weighted by molar-refractivity contribution is 5.87. The average Bonchev–Trinajstić information content (AvgIpc) is 3.23. The molecule has 1 aromatic heterocycles. The van der Waals surface area contributed by atoms with Crippen molar-refractivity contribution >= 4 is 5.97 Å². The molecule has 30 heavy (non-hydrogen) atoms. The molecule has 2 heterocycles. The molecular formula is C24H26N2O4. The van der Waals surface area contributed by atoms with Crippen molar-refractivity contribution in [3.8, 4) is 5.75 Å². The number of oxazole rings is 1. The Balaban J connectivity index is 1.51. The molecule has 0 aliphatic carbocycles. The number of carbonyl (C=O) groups is 1. The van der Waals surface area contributed by atoms with Gasteiger partial charge in [0.05, 0.1) is 24.9 Å². The van der Waals surface area contributed by atoms with Gasteiger partial charge in [0.2, 0.25) is 5.89 Å². The van der Waals surface area contributed by atoms with E-state index in [0.29, 0.717) is 18.5 Å². The third-order valence-electron chi connectivity index (χ3n) is 5.59. The van der Waals surface area contributed by atoms with Gasteiger partial charge in [0.25, 0.3) is 0 Å². The number of likely N-dealkylation sites (tertiary alicyclic amines) is 1. The molecule has 1 saturated heterocycles. The van der Waals surface area contributed by atoms with Crippen molar-refractivity contribution in [2.45, 2.75) is 38.3 Å². The number of carboxylic acids is 1. The molecule has 2 aromatic carbocycles. The van der Waals surface area contributed by atoms with Crippen LogP contribution in [0.1, 0.15) is 58.4 Å². The minimum atomic E-state index is -0.902. The first-order chi connectivity index (χ1) is 14.6. The van der Waals surface area contributed by atoms with Crippen molar-refractivity contribution in [2.75, 3.05) is 13.7 Å². The summed E-state index contributed by atoms with van der Waals surface area (Å²) in [5, 5.41) is 9.26. The smallest absolute Gasteiger partial charge is 0.335 e. The maximum atomic E-state index is 11.3. The molecule has 6 heteroatoms. The van der Waals surface area contributed by atoms with Crippen LogP contribution in [0.5, 0.6) is 5.75 Å². The average molecular weight is 406 g/mol. The normalized spacial score (nSPS) is 17.0. The summed E-state index contributed by atoms with van der Waals surface area (Å²) in [5.41, 5.74) is 2.37. The van der Waals surface area contributed by atoms with Crippen molar-refractivity contribution in [2.24, 2.45) is 0 Å². The zero-order chi connectivity index (χ0) is 20.9. The standard InChI is InChI=1S/C24H26N2O4/c1-29-22-11-3-2-8-18(22)14-20-15-25-23(30-20)21-10-4-5-12-26(21)16-17-7-6-9-19(13-17)24(27)28/h2-3,6-9,11,13,15,21H,4-5,10,12,14,16H2,1H3,(H,27,28). The fraction of sp³-hybridized carbons (Fsp3) is 0.333. The molecule has 0 radical (unpaired) electrons. The lowest BCUT2D eigenvalue weighted by Gasteiger charge is -2.33. The van der Waals surface area contributed by atoms with E-state index in [0.717, 1.165) is 54.3 Å². The Bertz CT molecular complexity index is 1010. The van der Waals surface area contributed by atoms with Gasteiger partial charge < -0.3 is 14.3 Å². The highest BCUT2D eigenvalue weighted by Gasteiger charge is 2.28. The number of hydrogen-bond acceptors (Lipinski definition) is 5. The molecule has 1 fully saturated rings. The first kappa shape index (κ1) is 20.2. The number of hydrogen-bond donors (Lipinski definition) is 1. The van der Waals surface area contributed by atoms with Gasteiger partial charge in [-0.05, 0) is 43.1 Å². The maximum Gasteiger partial charge on any atom is 0.335 e. The summed E-state index contributed by atoms with van der Waals surface area (Å²) in [4.78, 5) is 18.2. The number of para-hydroxylation sites is 1. The van der Waals surface area contributed by atoms with E-state index in [9.17, 15) is 9.90 Å². The monoisotopic (exact) mass is 406 g/mol. The van der Waals surface area contributed by atoms with Crippen molar-refractivity contribution in [3.05, 3.63) is 83.1 Å². The SMILES string of the molecule is COc1ccccc1Cc1cnc(C2CCCCN2Cc2cccc(C(=O)O)c2)o1. The molecule has 0 saturated carbocycles. The van der Waals surface area contributed by atoms with Crippen LogP contribution in [0, 0.1) is 0 Å². The number of ether oxygens (including phenoxy) is 1. The second-order valence-electron chi connectivity index (χ2n) is 7.64. The van der Waals surface area contributed by atoms with Crippen LogP contribution in [-0.2, 0) is 13.0 Å². The Labute approximate surface area is 176 Å². The Morgan fingerprint density at radius 1 is 1.23 bits per heavy atom. The van der Waals surface area contributed by atoms with E-state index in [4.69, 9.17) is 9.15 Å². The number of carboxylic acid groups (broad SMARTS) is 1.